The van der Waals surface area contributed by atoms with Gasteiger partial charge in [-0.2, -0.15) is 5.26 Å². The zero-order valence-electron chi connectivity index (χ0n) is 18.0. The molecule has 166 valence electrons. The highest BCUT2D eigenvalue weighted by molar-refractivity contribution is 8.00. The Hall–Kier alpha value is -3.25. The summed E-state index contributed by atoms with van der Waals surface area (Å²) in [5, 5.41) is 11.8. The molecule has 0 aliphatic rings. The largest absolute Gasteiger partial charge is 0.337 e. The zero-order chi connectivity index (χ0) is 23.6. The van der Waals surface area contributed by atoms with Crippen LogP contribution in [0.2, 0.25) is 0 Å². The molecule has 1 heterocycles. The maximum Gasteiger partial charge on any atom is 0.266 e. The van der Waals surface area contributed by atoms with E-state index in [1.807, 2.05) is 13.8 Å². The van der Waals surface area contributed by atoms with E-state index in [1.54, 1.807) is 38.1 Å². The summed E-state index contributed by atoms with van der Waals surface area (Å²) in [5.74, 6) is -2.28. The summed E-state index contributed by atoms with van der Waals surface area (Å²) >= 11 is 0.948. The number of para-hydroxylation sites is 1. The molecule has 0 spiro atoms. The van der Waals surface area contributed by atoms with E-state index in [-0.39, 0.29) is 22.1 Å². The summed E-state index contributed by atoms with van der Waals surface area (Å²) in [4.78, 5) is 30.5. The number of fused-ring (bicyclic) bond motifs is 1. The highest BCUT2D eigenvalue weighted by Gasteiger charge is 2.32. The van der Waals surface area contributed by atoms with E-state index in [0.717, 1.165) is 28.5 Å². The van der Waals surface area contributed by atoms with Crippen LogP contribution in [0.1, 0.15) is 27.7 Å². The van der Waals surface area contributed by atoms with E-state index in [0.29, 0.717) is 11.6 Å². The quantitative estimate of drug-likeness (QED) is 0.444. The SMILES string of the molecule is CC(Sc1nc2ccccc2c(=O)n1-c1ccc(F)cc1F)C(=O)NC(C)(C#N)C(C)C. The molecule has 1 aromatic heterocycles. The van der Waals surface area contributed by atoms with Crippen molar-refractivity contribution in [1.29, 1.82) is 5.26 Å². The van der Waals surface area contributed by atoms with Gasteiger partial charge in [0.25, 0.3) is 5.56 Å². The molecule has 0 aliphatic heterocycles. The number of rotatable bonds is 6. The average Bonchev–Trinajstić information content (AvgIpc) is 2.74. The van der Waals surface area contributed by atoms with Crippen molar-refractivity contribution in [2.75, 3.05) is 0 Å². The number of nitriles is 1. The Labute approximate surface area is 188 Å². The Balaban J connectivity index is 2.09. The van der Waals surface area contributed by atoms with Crippen LogP contribution in [0, 0.1) is 28.9 Å². The fourth-order valence-corrected chi connectivity index (χ4v) is 3.86. The number of halogens is 2. The number of carbonyl (C=O) groups excluding carboxylic acids is 1. The number of benzene rings is 2. The molecule has 1 amide bonds. The second-order valence-corrected chi connectivity index (χ2v) is 9.17. The molecule has 2 atom stereocenters. The molecule has 0 saturated carbocycles. The lowest BCUT2D eigenvalue weighted by Gasteiger charge is -2.28. The van der Waals surface area contributed by atoms with E-state index in [1.165, 1.54) is 0 Å². The third kappa shape index (κ3) is 4.50. The van der Waals surface area contributed by atoms with Crippen LogP contribution >= 0.6 is 11.8 Å². The van der Waals surface area contributed by atoms with Gasteiger partial charge in [0.05, 0.1) is 27.9 Å². The molecule has 2 unspecified atom stereocenters. The molecular weight excluding hydrogens is 434 g/mol. The number of hydrogen-bond donors (Lipinski definition) is 1. The van der Waals surface area contributed by atoms with Gasteiger partial charge in [-0.25, -0.2) is 13.8 Å². The summed E-state index contributed by atoms with van der Waals surface area (Å²) in [5.41, 5.74) is -1.41. The third-order valence-electron chi connectivity index (χ3n) is 5.32. The predicted octanol–water partition coefficient (Wildman–Crippen LogP) is 4.20. The molecule has 1 N–H and O–H groups in total. The summed E-state index contributed by atoms with van der Waals surface area (Å²) in [6, 6.07) is 11.6. The van der Waals surface area contributed by atoms with E-state index >= 15 is 0 Å². The van der Waals surface area contributed by atoms with Gasteiger partial charge < -0.3 is 5.32 Å². The standard InChI is InChI=1S/C23H22F2N4O2S/c1-13(2)23(4,12-26)28-20(30)14(3)32-22-27-18-8-6-5-7-16(18)21(31)29(22)19-10-9-15(24)11-17(19)25/h5-11,13-14H,1-4H3,(H,28,30). The van der Waals surface area contributed by atoms with Crippen LogP contribution in [0.15, 0.2) is 52.4 Å². The monoisotopic (exact) mass is 456 g/mol. The van der Waals surface area contributed by atoms with Crippen LogP contribution in [-0.4, -0.2) is 26.2 Å². The maximum atomic E-state index is 14.6. The van der Waals surface area contributed by atoms with Crippen molar-refractivity contribution in [3.8, 4) is 11.8 Å². The number of hydrogen-bond acceptors (Lipinski definition) is 5. The van der Waals surface area contributed by atoms with Gasteiger partial charge in [0.1, 0.15) is 17.2 Å². The van der Waals surface area contributed by atoms with Crippen molar-refractivity contribution in [1.82, 2.24) is 14.9 Å². The van der Waals surface area contributed by atoms with Gasteiger partial charge in [-0.3, -0.25) is 14.2 Å². The first kappa shape index (κ1) is 23.4. The lowest BCUT2D eigenvalue weighted by atomic mass is 9.90. The number of thioether (sulfide) groups is 1. The molecule has 3 rings (SSSR count). The van der Waals surface area contributed by atoms with Crippen molar-refractivity contribution >= 4 is 28.6 Å². The minimum Gasteiger partial charge on any atom is -0.337 e. The molecule has 0 aliphatic carbocycles. The Morgan fingerprint density at radius 3 is 2.53 bits per heavy atom. The smallest absolute Gasteiger partial charge is 0.266 e. The topological polar surface area (TPSA) is 87.8 Å². The number of nitrogens with zero attached hydrogens (tertiary/aromatic N) is 3. The molecule has 3 aromatic rings. The van der Waals surface area contributed by atoms with Gasteiger partial charge >= 0.3 is 0 Å². The number of nitrogens with one attached hydrogen (secondary N) is 1. The zero-order valence-corrected chi connectivity index (χ0v) is 18.8. The minimum absolute atomic E-state index is 0.0741. The van der Waals surface area contributed by atoms with E-state index in [4.69, 9.17) is 0 Å². The van der Waals surface area contributed by atoms with Gasteiger partial charge in [-0.1, -0.05) is 37.7 Å². The number of amides is 1. The highest BCUT2D eigenvalue weighted by atomic mass is 32.2. The van der Waals surface area contributed by atoms with Crippen molar-refractivity contribution in [2.24, 2.45) is 5.92 Å². The van der Waals surface area contributed by atoms with Crippen LogP contribution in [-0.2, 0) is 4.79 Å². The third-order valence-corrected chi connectivity index (χ3v) is 6.37. The summed E-state index contributed by atoms with van der Waals surface area (Å²) in [6.45, 7) is 6.87. The Bertz CT molecular complexity index is 1290. The molecule has 0 bridgehead atoms. The molecule has 6 nitrogen and oxygen atoms in total. The Morgan fingerprint density at radius 2 is 1.91 bits per heavy atom. The Kier molecular flexibility index (Phi) is 6.65. The first-order valence-electron chi connectivity index (χ1n) is 9.94. The fourth-order valence-electron chi connectivity index (χ4n) is 2.94. The minimum atomic E-state index is -1.08. The molecule has 32 heavy (non-hydrogen) atoms. The maximum absolute atomic E-state index is 14.6. The van der Waals surface area contributed by atoms with Crippen LogP contribution in [0.3, 0.4) is 0 Å². The van der Waals surface area contributed by atoms with E-state index < -0.39 is 33.9 Å². The molecular formula is C23H22F2N4O2S. The normalized spacial score (nSPS) is 14.1. The van der Waals surface area contributed by atoms with Crippen LogP contribution in [0.4, 0.5) is 8.78 Å². The van der Waals surface area contributed by atoms with Crippen LogP contribution in [0.5, 0.6) is 0 Å². The van der Waals surface area contributed by atoms with Crippen LogP contribution in [0.25, 0.3) is 16.6 Å². The van der Waals surface area contributed by atoms with Gasteiger partial charge in [0.2, 0.25) is 5.91 Å². The fraction of sp³-hybridized carbons (Fsp3) is 0.304. The first-order valence-corrected chi connectivity index (χ1v) is 10.8. The molecule has 0 radical (unpaired) electrons. The second-order valence-electron chi connectivity index (χ2n) is 7.87. The summed E-state index contributed by atoms with van der Waals surface area (Å²) in [7, 11) is 0. The van der Waals surface area contributed by atoms with Gasteiger partial charge in [-0.05, 0) is 44.0 Å². The predicted molar refractivity (Wildman–Crippen MR) is 120 cm³/mol. The average molecular weight is 457 g/mol. The van der Waals surface area contributed by atoms with Gasteiger partial charge in [-0.15, -0.1) is 0 Å². The second kappa shape index (κ2) is 9.09. The van der Waals surface area contributed by atoms with Crippen molar-refractivity contribution < 1.29 is 13.6 Å². The van der Waals surface area contributed by atoms with Crippen molar-refractivity contribution in [3.63, 3.8) is 0 Å². The van der Waals surface area contributed by atoms with Crippen molar-refractivity contribution in [3.05, 3.63) is 64.5 Å². The molecule has 9 heteroatoms. The highest BCUT2D eigenvalue weighted by Crippen LogP contribution is 2.27. The van der Waals surface area contributed by atoms with Gasteiger partial charge in [0.15, 0.2) is 5.16 Å². The summed E-state index contributed by atoms with van der Waals surface area (Å²) < 4.78 is 29.1. The lowest BCUT2D eigenvalue weighted by molar-refractivity contribution is -0.121. The number of carbonyl (C=O) groups is 1. The molecule has 0 saturated heterocycles. The van der Waals surface area contributed by atoms with Crippen LogP contribution < -0.4 is 10.9 Å². The summed E-state index contributed by atoms with van der Waals surface area (Å²) in [6.07, 6.45) is 0. The Morgan fingerprint density at radius 1 is 1.22 bits per heavy atom. The molecule has 0 fully saturated rings. The first-order chi connectivity index (χ1) is 15.1. The number of aromatic nitrogens is 2. The van der Waals surface area contributed by atoms with Crippen molar-refractivity contribution in [2.45, 2.75) is 43.6 Å². The van der Waals surface area contributed by atoms with Gasteiger partial charge in [0, 0.05) is 6.07 Å². The van der Waals surface area contributed by atoms with E-state index in [2.05, 4.69) is 16.4 Å². The van der Waals surface area contributed by atoms with E-state index in [9.17, 15) is 23.6 Å². The lowest BCUT2D eigenvalue weighted by Crippen LogP contribution is -2.51. The molecule has 2 aromatic carbocycles.